The Bertz CT molecular complexity index is 871. The van der Waals surface area contributed by atoms with Crippen LogP contribution in [-0.2, 0) is 0 Å². The first kappa shape index (κ1) is 14.0. The van der Waals surface area contributed by atoms with Crippen LogP contribution >= 0.6 is 11.3 Å². The molecule has 1 saturated carbocycles. The zero-order chi connectivity index (χ0) is 15.8. The van der Waals surface area contributed by atoms with Gasteiger partial charge in [-0.25, -0.2) is 9.78 Å². The van der Waals surface area contributed by atoms with Crippen LogP contribution in [0.3, 0.4) is 0 Å². The van der Waals surface area contributed by atoms with Crippen molar-refractivity contribution in [2.24, 2.45) is 0 Å². The van der Waals surface area contributed by atoms with E-state index in [2.05, 4.69) is 20.6 Å². The van der Waals surface area contributed by atoms with Crippen molar-refractivity contribution in [1.82, 2.24) is 9.97 Å². The summed E-state index contributed by atoms with van der Waals surface area (Å²) in [6, 6.07) is 9.00. The summed E-state index contributed by atoms with van der Waals surface area (Å²) in [6.45, 7) is 0. The third kappa shape index (κ3) is 2.95. The summed E-state index contributed by atoms with van der Waals surface area (Å²) in [7, 11) is 0. The molecule has 1 aromatic carbocycles. The van der Waals surface area contributed by atoms with Crippen molar-refractivity contribution < 1.29 is 9.90 Å². The number of anilines is 3. The number of carboxylic acids is 1. The molecule has 0 aliphatic heterocycles. The van der Waals surface area contributed by atoms with Crippen LogP contribution in [0.15, 0.2) is 35.7 Å². The lowest BCUT2D eigenvalue weighted by atomic mass is 10.2. The van der Waals surface area contributed by atoms with E-state index < -0.39 is 5.97 Å². The lowest BCUT2D eigenvalue weighted by Crippen LogP contribution is -2.06. The first-order valence-electron chi connectivity index (χ1n) is 7.31. The Balaban J connectivity index is 1.63. The Hall–Kier alpha value is -2.67. The average molecular weight is 326 g/mol. The molecule has 1 aliphatic carbocycles. The summed E-state index contributed by atoms with van der Waals surface area (Å²) in [5.74, 6) is 0.419. The minimum Gasteiger partial charge on any atom is -0.478 e. The highest BCUT2D eigenvalue weighted by Crippen LogP contribution is 2.32. The Kier molecular flexibility index (Phi) is 3.34. The largest absolute Gasteiger partial charge is 0.478 e. The highest BCUT2D eigenvalue weighted by Gasteiger charge is 2.23. The SMILES string of the molecule is O=C(O)c1ccc(Nc2nc(NC3CC3)c3sccc3n2)cc1. The van der Waals surface area contributed by atoms with Crippen molar-refractivity contribution in [1.29, 1.82) is 0 Å². The van der Waals surface area contributed by atoms with Gasteiger partial charge < -0.3 is 15.7 Å². The van der Waals surface area contributed by atoms with E-state index in [1.807, 2.05) is 11.4 Å². The highest BCUT2D eigenvalue weighted by atomic mass is 32.1. The smallest absolute Gasteiger partial charge is 0.335 e. The van der Waals surface area contributed by atoms with Crippen molar-refractivity contribution in [3.8, 4) is 0 Å². The van der Waals surface area contributed by atoms with Gasteiger partial charge in [0.1, 0.15) is 5.82 Å². The number of thiophene rings is 1. The molecule has 3 aromatic rings. The average Bonchev–Trinajstić information content (AvgIpc) is 3.22. The van der Waals surface area contributed by atoms with E-state index in [1.54, 1.807) is 35.6 Å². The standard InChI is InChI=1S/C16H14N4O2S/c21-15(22)9-1-3-11(4-2-9)18-16-19-12-7-8-23-13(12)14(20-16)17-10-5-6-10/h1-4,7-8,10H,5-6H2,(H,21,22)(H2,17,18,19,20). The molecule has 3 N–H and O–H groups in total. The number of carbonyl (C=O) groups is 1. The molecule has 1 aliphatic rings. The van der Waals surface area contributed by atoms with Crippen LogP contribution in [0.4, 0.5) is 17.5 Å². The Morgan fingerprint density at radius 3 is 2.65 bits per heavy atom. The van der Waals surface area contributed by atoms with Crippen molar-refractivity contribution in [3.05, 3.63) is 41.3 Å². The van der Waals surface area contributed by atoms with Gasteiger partial charge in [0.2, 0.25) is 5.95 Å². The third-order valence-electron chi connectivity index (χ3n) is 3.61. The molecular formula is C16H14N4O2S. The molecule has 116 valence electrons. The summed E-state index contributed by atoms with van der Waals surface area (Å²) in [5, 5.41) is 17.5. The molecular weight excluding hydrogens is 312 g/mol. The molecule has 4 rings (SSSR count). The van der Waals surface area contributed by atoms with E-state index in [1.165, 1.54) is 12.8 Å². The van der Waals surface area contributed by atoms with Crippen LogP contribution in [-0.4, -0.2) is 27.1 Å². The zero-order valence-corrected chi connectivity index (χ0v) is 12.9. The Labute approximate surface area is 136 Å². The van der Waals surface area contributed by atoms with E-state index >= 15 is 0 Å². The van der Waals surface area contributed by atoms with Crippen LogP contribution in [0, 0.1) is 0 Å². The molecule has 0 spiro atoms. The first-order chi connectivity index (χ1) is 11.2. The fraction of sp³-hybridized carbons (Fsp3) is 0.188. The molecule has 0 amide bonds. The number of hydrogen-bond donors (Lipinski definition) is 3. The topological polar surface area (TPSA) is 87.1 Å². The number of hydrogen-bond acceptors (Lipinski definition) is 6. The van der Waals surface area contributed by atoms with E-state index in [4.69, 9.17) is 5.11 Å². The number of fused-ring (bicyclic) bond motifs is 1. The molecule has 0 unspecified atom stereocenters. The fourth-order valence-corrected chi connectivity index (χ4v) is 3.05. The molecule has 0 saturated heterocycles. The molecule has 0 bridgehead atoms. The molecule has 2 heterocycles. The summed E-state index contributed by atoms with van der Waals surface area (Å²) in [5.41, 5.74) is 1.90. The quantitative estimate of drug-likeness (QED) is 0.662. The molecule has 0 radical (unpaired) electrons. The van der Waals surface area contributed by atoms with Gasteiger partial charge >= 0.3 is 5.97 Å². The predicted octanol–water partition coefficient (Wildman–Crippen LogP) is 3.71. The lowest BCUT2D eigenvalue weighted by Gasteiger charge is -2.09. The maximum absolute atomic E-state index is 10.9. The van der Waals surface area contributed by atoms with Gasteiger partial charge in [0, 0.05) is 11.7 Å². The van der Waals surface area contributed by atoms with Gasteiger partial charge in [-0.3, -0.25) is 0 Å². The Morgan fingerprint density at radius 2 is 1.96 bits per heavy atom. The zero-order valence-electron chi connectivity index (χ0n) is 12.1. The predicted molar refractivity (Wildman–Crippen MR) is 90.7 cm³/mol. The lowest BCUT2D eigenvalue weighted by molar-refractivity contribution is 0.0697. The number of rotatable bonds is 5. The molecule has 6 nitrogen and oxygen atoms in total. The third-order valence-corrected chi connectivity index (χ3v) is 4.52. The second-order valence-corrected chi connectivity index (χ2v) is 6.37. The van der Waals surface area contributed by atoms with E-state index in [0.717, 1.165) is 21.7 Å². The minimum absolute atomic E-state index is 0.251. The van der Waals surface area contributed by atoms with Crippen molar-refractivity contribution in [2.75, 3.05) is 10.6 Å². The number of benzene rings is 1. The van der Waals surface area contributed by atoms with Gasteiger partial charge in [-0.2, -0.15) is 4.98 Å². The van der Waals surface area contributed by atoms with E-state index in [9.17, 15) is 4.79 Å². The number of nitrogens with zero attached hydrogens (tertiary/aromatic N) is 2. The fourth-order valence-electron chi connectivity index (χ4n) is 2.26. The van der Waals surface area contributed by atoms with Gasteiger partial charge in [0.25, 0.3) is 0 Å². The van der Waals surface area contributed by atoms with E-state index in [-0.39, 0.29) is 5.56 Å². The van der Waals surface area contributed by atoms with Gasteiger partial charge in [-0.15, -0.1) is 11.3 Å². The number of aromatic carboxylic acids is 1. The van der Waals surface area contributed by atoms with Crippen LogP contribution in [0.2, 0.25) is 0 Å². The number of aromatic nitrogens is 2. The molecule has 2 aromatic heterocycles. The van der Waals surface area contributed by atoms with Crippen molar-refractivity contribution in [2.45, 2.75) is 18.9 Å². The second-order valence-electron chi connectivity index (χ2n) is 5.46. The van der Waals surface area contributed by atoms with Crippen LogP contribution in [0.1, 0.15) is 23.2 Å². The number of carboxylic acid groups (broad SMARTS) is 1. The maximum Gasteiger partial charge on any atom is 0.335 e. The summed E-state index contributed by atoms with van der Waals surface area (Å²) in [4.78, 5) is 20.0. The Morgan fingerprint density at radius 1 is 1.17 bits per heavy atom. The highest BCUT2D eigenvalue weighted by molar-refractivity contribution is 7.17. The molecule has 1 fully saturated rings. The maximum atomic E-state index is 10.9. The van der Waals surface area contributed by atoms with Crippen LogP contribution in [0.25, 0.3) is 10.2 Å². The van der Waals surface area contributed by atoms with Crippen LogP contribution in [0.5, 0.6) is 0 Å². The van der Waals surface area contributed by atoms with Gasteiger partial charge in [0.15, 0.2) is 0 Å². The number of nitrogens with one attached hydrogen (secondary N) is 2. The first-order valence-corrected chi connectivity index (χ1v) is 8.19. The summed E-state index contributed by atoms with van der Waals surface area (Å²) >= 11 is 1.62. The van der Waals surface area contributed by atoms with Gasteiger partial charge in [-0.1, -0.05) is 0 Å². The van der Waals surface area contributed by atoms with E-state index in [0.29, 0.717) is 12.0 Å². The van der Waals surface area contributed by atoms with Gasteiger partial charge in [0.05, 0.1) is 15.8 Å². The van der Waals surface area contributed by atoms with Gasteiger partial charge in [-0.05, 0) is 48.6 Å². The molecule has 0 atom stereocenters. The summed E-state index contributed by atoms with van der Waals surface area (Å²) in [6.07, 6.45) is 2.35. The molecule has 23 heavy (non-hydrogen) atoms. The summed E-state index contributed by atoms with van der Waals surface area (Å²) < 4.78 is 1.06. The molecule has 7 heteroatoms. The minimum atomic E-state index is -0.941. The van der Waals surface area contributed by atoms with Crippen molar-refractivity contribution >= 4 is 45.0 Å². The monoisotopic (exact) mass is 326 g/mol. The second kappa shape index (κ2) is 5.51. The van der Waals surface area contributed by atoms with Crippen LogP contribution < -0.4 is 10.6 Å². The normalized spacial score (nSPS) is 13.9. The van der Waals surface area contributed by atoms with Crippen molar-refractivity contribution in [3.63, 3.8) is 0 Å².